The van der Waals surface area contributed by atoms with Gasteiger partial charge in [0.15, 0.2) is 0 Å². The molecule has 27 heavy (non-hydrogen) atoms. The molecule has 2 aromatic rings. The Morgan fingerprint density at radius 1 is 0.926 bits per heavy atom. The fourth-order valence-corrected chi connectivity index (χ4v) is 2.39. The lowest BCUT2D eigenvalue weighted by Crippen LogP contribution is -2.31. The second-order valence-corrected chi connectivity index (χ2v) is 7.12. The summed E-state index contributed by atoms with van der Waals surface area (Å²) in [6.45, 7) is 6.17. The van der Waals surface area contributed by atoms with E-state index >= 15 is 0 Å². The molecule has 0 aliphatic carbocycles. The van der Waals surface area contributed by atoms with Gasteiger partial charge in [-0.1, -0.05) is 51.1 Å². The predicted octanol–water partition coefficient (Wildman–Crippen LogP) is 4.41. The smallest absolute Gasteiger partial charge is 0.348 e. The van der Waals surface area contributed by atoms with Crippen LogP contribution in [0.5, 0.6) is 0 Å². The Hall–Kier alpha value is -2.83. The van der Waals surface area contributed by atoms with Crippen molar-refractivity contribution >= 4 is 17.5 Å². The summed E-state index contributed by atoms with van der Waals surface area (Å²) in [5.41, 5.74) is 1.86. The molecule has 2 N–H and O–H groups in total. The molecule has 0 unspecified atom stereocenters. The maximum atomic E-state index is 12.4. The zero-order valence-electron chi connectivity index (χ0n) is 15.3. The third kappa shape index (κ3) is 5.57. The number of carbonyl (C=O) groups is 2. The summed E-state index contributed by atoms with van der Waals surface area (Å²) in [7, 11) is 0. The molecule has 0 saturated carbocycles. The second kappa shape index (κ2) is 7.82. The Morgan fingerprint density at radius 3 is 2.07 bits per heavy atom. The molecular formula is C20H21F3N2O2. The maximum absolute atomic E-state index is 12.4. The van der Waals surface area contributed by atoms with E-state index < -0.39 is 12.1 Å². The summed E-state index contributed by atoms with van der Waals surface area (Å²) < 4.78 is 37.3. The summed E-state index contributed by atoms with van der Waals surface area (Å²) in [5.74, 6) is -2.41. The molecule has 0 saturated heterocycles. The molecule has 0 spiro atoms. The first kappa shape index (κ1) is 20.5. The lowest BCUT2D eigenvalue weighted by molar-refractivity contribution is -0.167. The highest BCUT2D eigenvalue weighted by molar-refractivity contribution is 5.96. The van der Waals surface area contributed by atoms with Crippen molar-refractivity contribution in [3.8, 4) is 0 Å². The molecule has 2 amide bonds. The van der Waals surface area contributed by atoms with Crippen LogP contribution in [0.4, 0.5) is 18.9 Å². The van der Waals surface area contributed by atoms with E-state index in [4.69, 9.17) is 0 Å². The van der Waals surface area contributed by atoms with Crippen molar-refractivity contribution in [3.63, 3.8) is 0 Å². The van der Waals surface area contributed by atoms with Gasteiger partial charge >= 0.3 is 12.1 Å². The Morgan fingerprint density at radius 2 is 1.52 bits per heavy atom. The van der Waals surface area contributed by atoms with Gasteiger partial charge in [-0.25, -0.2) is 0 Å². The molecule has 144 valence electrons. The largest absolute Gasteiger partial charge is 0.471 e. The molecule has 0 aliphatic rings. The number of halogens is 3. The molecule has 0 fully saturated rings. The van der Waals surface area contributed by atoms with Crippen LogP contribution < -0.4 is 10.6 Å². The van der Waals surface area contributed by atoms with Gasteiger partial charge in [0.1, 0.15) is 0 Å². The Kier molecular flexibility index (Phi) is 5.93. The summed E-state index contributed by atoms with van der Waals surface area (Å²) >= 11 is 0. The van der Waals surface area contributed by atoms with E-state index in [9.17, 15) is 22.8 Å². The topological polar surface area (TPSA) is 58.2 Å². The van der Waals surface area contributed by atoms with Crippen molar-refractivity contribution < 1.29 is 22.8 Å². The van der Waals surface area contributed by atoms with Crippen LogP contribution in [-0.2, 0) is 16.8 Å². The zero-order valence-corrected chi connectivity index (χ0v) is 15.3. The lowest BCUT2D eigenvalue weighted by Gasteiger charge is -2.19. The quantitative estimate of drug-likeness (QED) is 0.828. The van der Waals surface area contributed by atoms with Gasteiger partial charge in [0.2, 0.25) is 0 Å². The number of hydrogen-bond donors (Lipinski definition) is 2. The number of hydrogen-bond acceptors (Lipinski definition) is 2. The van der Waals surface area contributed by atoms with Gasteiger partial charge in [-0.2, -0.15) is 13.2 Å². The second-order valence-electron chi connectivity index (χ2n) is 7.12. The molecule has 0 radical (unpaired) electrons. The van der Waals surface area contributed by atoms with E-state index in [1.807, 2.05) is 17.4 Å². The highest BCUT2D eigenvalue weighted by atomic mass is 19.4. The van der Waals surface area contributed by atoms with Gasteiger partial charge in [0, 0.05) is 17.8 Å². The molecule has 0 heterocycles. The molecule has 0 bridgehead atoms. The van der Waals surface area contributed by atoms with Crippen molar-refractivity contribution in [2.45, 2.75) is 38.9 Å². The number of alkyl halides is 3. The highest BCUT2D eigenvalue weighted by Gasteiger charge is 2.38. The first-order valence-electron chi connectivity index (χ1n) is 8.33. The predicted molar refractivity (Wildman–Crippen MR) is 97.4 cm³/mol. The Balaban J connectivity index is 2.06. The van der Waals surface area contributed by atoms with Crippen molar-refractivity contribution in [3.05, 3.63) is 65.2 Å². The number of carbonyl (C=O) groups excluding carboxylic acids is 2. The van der Waals surface area contributed by atoms with Gasteiger partial charge in [-0.15, -0.1) is 0 Å². The molecular weight excluding hydrogens is 357 g/mol. The normalized spacial score (nSPS) is 11.8. The number of benzene rings is 2. The average molecular weight is 378 g/mol. The monoisotopic (exact) mass is 378 g/mol. The van der Waals surface area contributed by atoms with E-state index in [2.05, 4.69) is 26.1 Å². The van der Waals surface area contributed by atoms with Crippen molar-refractivity contribution in [1.82, 2.24) is 5.32 Å². The van der Waals surface area contributed by atoms with E-state index in [1.54, 1.807) is 18.2 Å². The Labute approximate surface area is 155 Å². The number of amides is 2. The molecule has 0 atom stereocenters. The summed E-state index contributed by atoms with van der Waals surface area (Å²) in [6, 6.07) is 13.1. The molecule has 7 heteroatoms. The zero-order chi connectivity index (χ0) is 20.2. The van der Waals surface area contributed by atoms with Crippen LogP contribution in [-0.4, -0.2) is 18.0 Å². The van der Waals surface area contributed by atoms with Crippen LogP contribution in [0, 0.1) is 0 Å². The first-order chi connectivity index (χ1) is 12.5. The summed E-state index contributed by atoms with van der Waals surface area (Å²) in [4.78, 5) is 23.4. The highest BCUT2D eigenvalue weighted by Crippen LogP contribution is 2.23. The minimum Gasteiger partial charge on any atom is -0.348 e. The van der Waals surface area contributed by atoms with Crippen LogP contribution in [0.15, 0.2) is 48.5 Å². The van der Waals surface area contributed by atoms with Crippen molar-refractivity contribution in [2.24, 2.45) is 0 Å². The average Bonchev–Trinajstić information content (AvgIpc) is 2.59. The molecule has 0 aromatic heterocycles. The van der Waals surface area contributed by atoms with Gasteiger partial charge in [0.25, 0.3) is 5.91 Å². The van der Waals surface area contributed by atoms with E-state index in [0.29, 0.717) is 11.1 Å². The minimum atomic E-state index is -4.98. The summed E-state index contributed by atoms with van der Waals surface area (Å²) in [5, 5.41) is 4.48. The molecule has 2 aromatic carbocycles. The van der Waals surface area contributed by atoms with Gasteiger partial charge in [0.05, 0.1) is 0 Å². The van der Waals surface area contributed by atoms with Crippen molar-refractivity contribution in [2.75, 3.05) is 5.32 Å². The SMILES string of the molecule is CC(C)(C)c1ccc(C(=O)NCc2ccccc2NC(=O)C(F)(F)F)cc1. The van der Waals surface area contributed by atoms with Gasteiger partial charge in [-0.3, -0.25) is 9.59 Å². The number of para-hydroxylation sites is 1. The third-order valence-corrected chi connectivity index (χ3v) is 3.98. The van der Waals surface area contributed by atoms with Gasteiger partial charge < -0.3 is 10.6 Å². The number of rotatable bonds is 4. The first-order valence-corrected chi connectivity index (χ1v) is 8.33. The third-order valence-electron chi connectivity index (χ3n) is 3.98. The standard InChI is InChI=1S/C20H21F3N2O2/c1-19(2,3)15-10-8-13(9-11-15)17(26)24-12-14-6-4-5-7-16(14)25-18(27)20(21,22)23/h4-11H,12H2,1-3H3,(H,24,26)(H,25,27). The molecule has 2 rings (SSSR count). The van der Waals surface area contributed by atoms with E-state index in [-0.39, 0.29) is 23.6 Å². The lowest BCUT2D eigenvalue weighted by atomic mass is 9.87. The number of anilines is 1. The number of nitrogens with one attached hydrogen (secondary N) is 2. The summed E-state index contributed by atoms with van der Waals surface area (Å²) in [6.07, 6.45) is -4.98. The van der Waals surface area contributed by atoms with Crippen molar-refractivity contribution in [1.29, 1.82) is 0 Å². The molecule has 4 nitrogen and oxygen atoms in total. The maximum Gasteiger partial charge on any atom is 0.471 e. The van der Waals surface area contributed by atoms with Crippen LogP contribution in [0.1, 0.15) is 42.3 Å². The van der Waals surface area contributed by atoms with Gasteiger partial charge in [-0.05, 0) is 34.7 Å². The van der Waals surface area contributed by atoms with Crippen LogP contribution in [0.3, 0.4) is 0 Å². The fourth-order valence-electron chi connectivity index (χ4n) is 2.39. The van der Waals surface area contributed by atoms with E-state index in [0.717, 1.165) is 5.56 Å². The minimum absolute atomic E-state index is 0.00297. The van der Waals surface area contributed by atoms with Crippen LogP contribution in [0.2, 0.25) is 0 Å². The fraction of sp³-hybridized carbons (Fsp3) is 0.300. The van der Waals surface area contributed by atoms with Crippen LogP contribution >= 0.6 is 0 Å². The van der Waals surface area contributed by atoms with E-state index in [1.165, 1.54) is 18.2 Å². The molecule has 0 aliphatic heterocycles. The Bertz CT molecular complexity index is 822. The van der Waals surface area contributed by atoms with Crippen LogP contribution in [0.25, 0.3) is 0 Å².